The minimum atomic E-state index is -0.718. The van der Waals surface area contributed by atoms with Crippen LogP contribution in [0.15, 0.2) is 84.9 Å². The topological polar surface area (TPSA) is 41.9 Å². The van der Waals surface area contributed by atoms with Gasteiger partial charge in [-0.05, 0) is 41.7 Å². The van der Waals surface area contributed by atoms with Gasteiger partial charge in [-0.2, -0.15) is 0 Å². The highest BCUT2D eigenvalue weighted by Crippen LogP contribution is 2.37. The molecule has 0 radical (unpaired) electrons. The molecule has 2 aliphatic rings. The monoisotopic (exact) mass is 429 g/mol. The number of morpholine rings is 1. The van der Waals surface area contributed by atoms with Crippen LogP contribution in [-0.4, -0.2) is 40.9 Å². The van der Waals surface area contributed by atoms with Crippen LogP contribution in [0.2, 0.25) is 0 Å². The third kappa shape index (κ3) is 5.04. The maximum Gasteiger partial charge on any atom is 0.120 e. The first-order valence-corrected chi connectivity index (χ1v) is 11.5. The third-order valence-electron chi connectivity index (χ3n) is 6.68. The van der Waals surface area contributed by atoms with E-state index < -0.39 is 5.60 Å². The number of aliphatic hydroxyl groups is 1. The van der Waals surface area contributed by atoms with E-state index in [2.05, 4.69) is 59.5 Å². The molecule has 166 valence electrons. The zero-order valence-electron chi connectivity index (χ0n) is 18.4. The van der Waals surface area contributed by atoms with Crippen molar-refractivity contribution in [3.05, 3.63) is 102 Å². The van der Waals surface area contributed by atoms with Gasteiger partial charge in [0, 0.05) is 25.0 Å². The van der Waals surface area contributed by atoms with Crippen LogP contribution in [0.1, 0.15) is 29.5 Å². The first-order valence-electron chi connectivity index (χ1n) is 11.5. The Morgan fingerprint density at radius 2 is 1.44 bits per heavy atom. The lowest BCUT2D eigenvalue weighted by Gasteiger charge is -2.52. The summed E-state index contributed by atoms with van der Waals surface area (Å²) in [7, 11) is 0. The van der Waals surface area contributed by atoms with Crippen LogP contribution in [0.4, 0.5) is 0 Å². The van der Waals surface area contributed by atoms with E-state index in [0.717, 1.165) is 36.3 Å². The highest BCUT2D eigenvalue weighted by atomic mass is 16.5. The van der Waals surface area contributed by atoms with Gasteiger partial charge in [-0.3, -0.25) is 4.90 Å². The molecule has 2 heterocycles. The van der Waals surface area contributed by atoms with Gasteiger partial charge in [-0.25, -0.2) is 0 Å². The number of rotatable bonds is 7. The van der Waals surface area contributed by atoms with E-state index in [1.807, 2.05) is 30.3 Å². The fourth-order valence-corrected chi connectivity index (χ4v) is 5.21. The van der Waals surface area contributed by atoms with Crippen LogP contribution in [0, 0.1) is 0 Å². The van der Waals surface area contributed by atoms with Crippen molar-refractivity contribution >= 4 is 0 Å². The van der Waals surface area contributed by atoms with Gasteiger partial charge in [-0.1, -0.05) is 72.8 Å². The molecule has 4 heteroatoms. The van der Waals surface area contributed by atoms with Crippen molar-refractivity contribution in [2.75, 3.05) is 13.2 Å². The molecule has 3 aromatic rings. The van der Waals surface area contributed by atoms with Crippen LogP contribution in [0.3, 0.4) is 0 Å². The molecule has 0 spiro atoms. The number of benzene rings is 3. The minimum absolute atomic E-state index is 0.241. The van der Waals surface area contributed by atoms with Crippen molar-refractivity contribution in [2.24, 2.45) is 0 Å². The average Bonchev–Trinajstić information content (AvgIpc) is 2.80. The lowest BCUT2D eigenvalue weighted by molar-refractivity contribution is -0.145. The smallest absolute Gasteiger partial charge is 0.120 e. The molecule has 0 saturated carbocycles. The lowest BCUT2D eigenvalue weighted by atomic mass is 9.77. The molecule has 2 aliphatic heterocycles. The van der Waals surface area contributed by atoms with Crippen molar-refractivity contribution in [2.45, 2.75) is 50.1 Å². The summed E-state index contributed by atoms with van der Waals surface area (Å²) in [6, 6.07) is 29.4. The number of hydrogen-bond acceptors (Lipinski definition) is 4. The van der Waals surface area contributed by atoms with Gasteiger partial charge in [0.05, 0.1) is 18.8 Å². The summed E-state index contributed by atoms with van der Waals surface area (Å²) >= 11 is 0. The quantitative estimate of drug-likeness (QED) is 0.596. The number of ether oxygens (including phenoxy) is 2. The Morgan fingerprint density at radius 3 is 2.12 bits per heavy atom. The molecule has 2 fully saturated rings. The van der Waals surface area contributed by atoms with Crippen molar-refractivity contribution < 1.29 is 14.6 Å². The average molecular weight is 430 g/mol. The summed E-state index contributed by atoms with van der Waals surface area (Å²) < 4.78 is 11.9. The van der Waals surface area contributed by atoms with Gasteiger partial charge in [0.2, 0.25) is 0 Å². The van der Waals surface area contributed by atoms with Crippen LogP contribution in [0.5, 0.6) is 5.75 Å². The summed E-state index contributed by atoms with van der Waals surface area (Å²) in [6.45, 7) is 2.83. The summed E-state index contributed by atoms with van der Waals surface area (Å²) in [6.07, 6.45) is 2.10. The van der Waals surface area contributed by atoms with Gasteiger partial charge in [-0.15, -0.1) is 0 Å². The predicted octanol–water partition coefficient (Wildman–Crippen LogP) is 4.60. The molecular formula is C28H31NO3. The molecule has 3 aromatic carbocycles. The lowest BCUT2D eigenvalue weighted by Crippen LogP contribution is -2.61. The zero-order chi connectivity index (χ0) is 21.8. The number of nitrogens with zero attached hydrogens (tertiary/aromatic N) is 1. The van der Waals surface area contributed by atoms with E-state index in [-0.39, 0.29) is 12.1 Å². The molecule has 0 aliphatic carbocycles. The van der Waals surface area contributed by atoms with Gasteiger partial charge in [0.25, 0.3) is 0 Å². The van der Waals surface area contributed by atoms with E-state index >= 15 is 0 Å². The third-order valence-corrected chi connectivity index (χ3v) is 6.68. The van der Waals surface area contributed by atoms with Crippen molar-refractivity contribution in [1.82, 2.24) is 4.90 Å². The first kappa shape index (κ1) is 21.2. The summed E-state index contributed by atoms with van der Waals surface area (Å²) in [5.74, 6) is 0.847. The molecule has 1 N–H and O–H groups in total. The van der Waals surface area contributed by atoms with E-state index in [4.69, 9.17) is 9.47 Å². The fraction of sp³-hybridized carbons (Fsp3) is 0.357. The maximum absolute atomic E-state index is 11.6. The minimum Gasteiger partial charge on any atom is -0.489 e. The van der Waals surface area contributed by atoms with E-state index in [1.165, 1.54) is 5.56 Å². The summed E-state index contributed by atoms with van der Waals surface area (Å²) in [5, 5.41) is 11.6. The fourth-order valence-electron chi connectivity index (χ4n) is 5.21. The van der Waals surface area contributed by atoms with Crippen LogP contribution >= 0.6 is 0 Å². The largest absolute Gasteiger partial charge is 0.489 e. The summed E-state index contributed by atoms with van der Waals surface area (Å²) in [5.41, 5.74) is 2.87. The molecule has 2 saturated heterocycles. The number of fused-ring (bicyclic) bond motifs is 2. The molecule has 2 atom stereocenters. The Balaban J connectivity index is 1.25. The molecule has 0 amide bonds. The van der Waals surface area contributed by atoms with E-state index in [9.17, 15) is 5.11 Å². The molecular weight excluding hydrogens is 398 g/mol. The normalized spacial score (nSPS) is 25.4. The second-order valence-electron chi connectivity index (χ2n) is 9.23. The number of piperidine rings is 1. The molecule has 2 unspecified atom stereocenters. The molecule has 32 heavy (non-hydrogen) atoms. The van der Waals surface area contributed by atoms with Gasteiger partial charge in [0.1, 0.15) is 12.4 Å². The standard InChI is InChI=1S/C28H31NO3/c30-28(15-24-12-7-13-27(14-24)32-19-23-10-5-2-6-11-23)16-25-20-31-21-26(17-28)29(25)18-22-8-3-1-4-9-22/h1-14,25-26,30H,15-21H2. The molecule has 4 nitrogen and oxygen atoms in total. The van der Waals surface area contributed by atoms with Gasteiger partial charge in [0.15, 0.2) is 0 Å². The highest BCUT2D eigenvalue weighted by Gasteiger charge is 2.45. The predicted molar refractivity (Wildman–Crippen MR) is 125 cm³/mol. The van der Waals surface area contributed by atoms with Crippen molar-refractivity contribution in [3.63, 3.8) is 0 Å². The second-order valence-corrected chi connectivity index (χ2v) is 9.23. The van der Waals surface area contributed by atoms with Crippen molar-refractivity contribution in [1.29, 1.82) is 0 Å². The SMILES string of the molecule is OC1(Cc2cccc(OCc3ccccc3)c2)CC2COCC(C1)N2Cc1ccccc1. The Morgan fingerprint density at radius 1 is 0.812 bits per heavy atom. The Hall–Kier alpha value is -2.66. The highest BCUT2D eigenvalue weighted by molar-refractivity contribution is 5.30. The number of hydrogen-bond donors (Lipinski definition) is 1. The van der Waals surface area contributed by atoms with Crippen LogP contribution < -0.4 is 4.74 Å². The molecule has 0 aromatic heterocycles. The van der Waals surface area contributed by atoms with Gasteiger partial charge < -0.3 is 14.6 Å². The van der Waals surface area contributed by atoms with Crippen molar-refractivity contribution in [3.8, 4) is 5.75 Å². The zero-order valence-corrected chi connectivity index (χ0v) is 18.4. The Labute approximate surface area is 190 Å². The first-order chi connectivity index (χ1) is 15.7. The van der Waals surface area contributed by atoms with Gasteiger partial charge >= 0.3 is 0 Å². The maximum atomic E-state index is 11.6. The van der Waals surface area contributed by atoms with Crippen LogP contribution in [-0.2, 0) is 24.3 Å². The second kappa shape index (κ2) is 9.45. The van der Waals surface area contributed by atoms with E-state index in [1.54, 1.807) is 0 Å². The molecule has 2 bridgehead atoms. The summed E-state index contributed by atoms with van der Waals surface area (Å²) in [4.78, 5) is 2.53. The van der Waals surface area contributed by atoms with Crippen LogP contribution in [0.25, 0.3) is 0 Å². The Bertz CT molecular complexity index is 993. The van der Waals surface area contributed by atoms with E-state index in [0.29, 0.717) is 26.2 Å². The molecule has 5 rings (SSSR count). The Kier molecular flexibility index (Phi) is 6.26.